The molecule has 10 heavy (non-hydrogen) atoms. The number of nitrogens with zero attached hydrogens (tertiary/aromatic N) is 3. The molecular weight excluding hydrogens is 194 g/mol. The Balaban J connectivity index is 4.16. The Hall–Kier alpha value is -0.210. The van der Waals surface area contributed by atoms with Crippen molar-refractivity contribution in [3.8, 4) is 0 Å². The van der Waals surface area contributed by atoms with Crippen LogP contribution < -0.4 is 0 Å². The minimum absolute atomic E-state index is 0.00231. The van der Waals surface area contributed by atoms with Crippen LogP contribution in [0.5, 0.6) is 0 Å². The summed E-state index contributed by atoms with van der Waals surface area (Å²) in [7, 11) is 0. The van der Waals surface area contributed by atoms with Gasteiger partial charge >= 0.3 is 0 Å². The zero-order valence-electron chi connectivity index (χ0n) is 6.50. The zero-order valence-corrected chi connectivity index (χ0v) is 8.09. The van der Waals surface area contributed by atoms with Crippen LogP contribution in [0.1, 0.15) is 27.2 Å². The summed E-state index contributed by atoms with van der Waals surface area (Å²) >= 11 is 3.48. The van der Waals surface area contributed by atoms with E-state index in [1.807, 2.05) is 13.8 Å². The summed E-state index contributed by atoms with van der Waals surface area (Å²) in [4.78, 5) is 2.74. The van der Waals surface area contributed by atoms with Crippen molar-refractivity contribution in [2.24, 2.45) is 5.11 Å². The van der Waals surface area contributed by atoms with Crippen molar-refractivity contribution in [1.82, 2.24) is 0 Å². The quantitative estimate of drug-likeness (QED) is 0.294. The van der Waals surface area contributed by atoms with Gasteiger partial charge in [-0.05, 0) is 18.9 Å². The molecular formula is C6H12BrN3. The van der Waals surface area contributed by atoms with Gasteiger partial charge in [-0.3, -0.25) is 0 Å². The predicted octanol–water partition coefficient (Wildman–Crippen LogP) is 3.25. The summed E-state index contributed by atoms with van der Waals surface area (Å²) < 4.78 is -0.0563. The number of alkyl halides is 1. The Morgan fingerprint density at radius 1 is 1.80 bits per heavy atom. The van der Waals surface area contributed by atoms with Gasteiger partial charge < -0.3 is 0 Å². The van der Waals surface area contributed by atoms with Crippen LogP contribution in [0.15, 0.2) is 5.11 Å². The average molecular weight is 206 g/mol. The fourth-order valence-corrected chi connectivity index (χ4v) is 0.585. The molecule has 4 heteroatoms. The topological polar surface area (TPSA) is 48.8 Å². The maximum Gasteiger partial charge on any atom is 0.0496 e. The molecule has 0 aromatic carbocycles. The zero-order chi connectivity index (χ0) is 8.20. The highest BCUT2D eigenvalue weighted by Crippen LogP contribution is 2.27. The summed E-state index contributed by atoms with van der Waals surface area (Å²) in [6.07, 6.45) is 0.952. The van der Waals surface area contributed by atoms with E-state index in [0.29, 0.717) is 0 Å². The van der Waals surface area contributed by atoms with Crippen LogP contribution in [0.4, 0.5) is 0 Å². The minimum Gasteiger partial charge on any atom is -0.0895 e. The second kappa shape index (κ2) is 3.84. The maximum absolute atomic E-state index is 8.13. The first kappa shape index (κ1) is 9.79. The first-order valence-electron chi connectivity index (χ1n) is 3.27. The van der Waals surface area contributed by atoms with Gasteiger partial charge in [-0.1, -0.05) is 34.9 Å². The van der Waals surface area contributed by atoms with Crippen LogP contribution >= 0.6 is 15.9 Å². The van der Waals surface area contributed by atoms with Crippen LogP contribution in [0.2, 0.25) is 0 Å². The molecule has 0 heterocycles. The van der Waals surface area contributed by atoms with Gasteiger partial charge in [0.15, 0.2) is 0 Å². The lowest BCUT2D eigenvalue weighted by Crippen LogP contribution is -2.27. The van der Waals surface area contributed by atoms with Crippen LogP contribution in [0.3, 0.4) is 0 Å². The van der Waals surface area contributed by atoms with Crippen molar-refractivity contribution >= 4 is 15.9 Å². The molecule has 0 amide bonds. The first-order chi connectivity index (χ1) is 4.54. The first-order valence-corrected chi connectivity index (χ1v) is 4.07. The van der Waals surface area contributed by atoms with Gasteiger partial charge in [0.2, 0.25) is 0 Å². The van der Waals surface area contributed by atoms with E-state index in [-0.39, 0.29) is 10.4 Å². The largest absolute Gasteiger partial charge is 0.0895 e. The van der Waals surface area contributed by atoms with Gasteiger partial charge in [0.1, 0.15) is 0 Å². The molecule has 0 aromatic rings. The fraction of sp³-hybridized carbons (Fsp3) is 1.00. The van der Waals surface area contributed by atoms with Crippen LogP contribution in [-0.4, -0.2) is 10.4 Å². The number of halogens is 1. The van der Waals surface area contributed by atoms with Gasteiger partial charge in [0.25, 0.3) is 0 Å². The number of hydrogen-bond donors (Lipinski definition) is 0. The summed E-state index contributed by atoms with van der Waals surface area (Å²) in [5.74, 6) is 0. The molecule has 58 valence electrons. The molecule has 0 aliphatic rings. The van der Waals surface area contributed by atoms with Crippen molar-refractivity contribution < 1.29 is 0 Å². The third kappa shape index (κ3) is 2.58. The standard InChI is InChI=1S/C6H12BrN3/c1-4-6(3,7)5(2)9-10-8/h5H,4H2,1-3H3. The highest BCUT2D eigenvalue weighted by molar-refractivity contribution is 9.10. The summed E-state index contributed by atoms with van der Waals surface area (Å²) in [5, 5.41) is 3.60. The molecule has 2 unspecified atom stereocenters. The molecule has 0 aliphatic heterocycles. The smallest absolute Gasteiger partial charge is 0.0496 e. The highest BCUT2D eigenvalue weighted by Gasteiger charge is 2.24. The third-order valence-electron chi connectivity index (χ3n) is 1.79. The molecule has 0 bridgehead atoms. The summed E-state index contributed by atoms with van der Waals surface area (Å²) in [6, 6.07) is 0.00231. The molecule has 0 saturated carbocycles. The van der Waals surface area contributed by atoms with E-state index < -0.39 is 0 Å². The number of hydrogen-bond acceptors (Lipinski definition) is 1. The van der Waals surface area contributed by atoms with E-state index >= 15 is 0 Å². The molecule has 0 spiro atoms. The Kier molecular flexibility index (Phi) is 3.76. The normalized spacial score (nSPS) is 18.8. The Morgan fingerprint density at radius 3 is 2.60 bits per heavy atom. The lowest BCUT2D eigenvalue weighted by molar-refractivity contribution is 0.528. The maximum atomic E-state index is 8.13. The van der Waals surface area contributed by atoms with Crippen LogP contribution in [-0.2, 0) is 0 Å². The highest BCUT2D eigenvalue weighted by atomic mass is 79.9. The molecule has 2 atom stereocenters. The Bertz CT molecular complexity index is 149. The third-order valence-corrected chi connectivity index (χ3v) is 3.01. The van der Waals surface area contributed by atoms with E-state index in [4.69, 9.17) is 5.53 Å². The molecule has 0 aliphatic carbocycles. The van der Waals surface area contributed by atoms with E-state index in [1.54, 1.807) is 0 Å². The lowest BCUT2D eigenvalue weighted by atomic mass is 10.0. The van der Waals surface area contributed by atoms with Gasteiger partial charge in [-0.2, -0.15) is 0 Å². The molecule has 0 saturated heterocycles. The average Bonchev–Trinajstić information content (AvgIpc) is 1.89. The van der Waals surface area contributed by atoms with Gasteiger partial charge in [0, 0.05) is 15.3 Å². The van der Waals surface area contributed by atoms with Crippen molar-refractivity contribution in [2.45, 2.75) is 37.6 Å². The molecule has 3 nitrogen and oxygen atoms in total. The molecule has 0 radical (unpaired) electrons. The van der Waals surface area contributed by atoms with Gasteiger partial charge in [-0.25, -0.2) is 0 Å². The van der Waals surface area contributed by atoms with Gasteiger partial charge in [0.05, 0.1) is 0 Å². The van der Waals surface area contributed by atoms with E-state index in [1.165, 1.54) is 0 Å². The second-order valence-corrected chi connectivity index (χ2v) is 4.32. The lowest BCUT2D eigenvalue weighted by Gasteiger charge is -2.24. The van der Waals surface area contributed by atoms with E-state index in [2.05, 4.69) is 32.9 Å². The molecule has 0 fully saturated rings. The van der Waals surface area contributed by atoms with Crippen molar-refractivity contribution in [3.05, 3.63) is 10.4 Å². The Morgan fingerprint density at radius 2 is 2.30 bits per heavy atom. The fourth-order valence-electron chi connectivity index (χ4n) is 0.493. The molecule has 0 rings (SSSR count). The minimum atomic E-state index is -0.0563. The van der Waals surface area contributed by atoms with Crippen LogP contribution in [0.25, 0.3) is 10.4 Å². The van der Waals surface area contributed by atoms with Gasteiger partial charge in [-0.15, -0.1) is 0 Å². The SMILES string of the molecule is CCC(C)(Br)C(C)N=[N+]=[N-]. The number of rotatable bonds is 3. The number of azide groups is 1. The van der Waals surface area contributed by atoms with E-state index in [9.17, 15) is 0 Å². The monoisotopic (exact) mass is 205 g/mol. The Labute approximate surface area is 69.6 Å². The van der Waals surface area contributed by atoms with Crippen molar-refractivity contribution in [3.63, 3.8) is 0 Å². The predicted molar refractivity (Wildman–Crippen MR) is 46.2 cm³/mol. The molecule has 0 aromatic heterocycles. The van der Waals surface area contributed by atoms with Crippen LogP contribution in [0, 0.1) is 0 Å². The summed E-state index contributed by atoms with van der Waals surface area (Å²) in [6.45, 7) is 5.97. The summed E-state index contributed by atoms with van der Waals surface area (Å²) in [5.41, 5.74) is 8.13. The van der Waals surface area contributed by atoms with E-state index in [0.717, 1.165) is 6.42 Å². The second-order valence-electron chi connectivity index (χ2n) is 2.51. The van der Waals surface area contributed by atoms with Crippen molar-refractivity contribution in [2.75, 3.05) is 0 Å². The van der Waals surface area contributed by atoms with Crippen molar-refractivity contribution in [1.29, 1.82) is 0 Å². The molecule has 0 N–H and O–H groups in total.